The highest BCUT2D eigenvalue weighted by atomic mass is 16.4. The summed E-state index contributed by atoms with van der Waals surface area (Å²) in [6, 6.07) is 0.847. The molecule has 0 aromatic heterocycles. The topological polar surface area (TPSA) is 40.5 Å². The van der Waals surface area contributed by atoms with Crippen LogP contribution in [0.2, 0.25) is 0 Å². The van der Waals surface area contributed by atoms with Crippen LogP contribution in [0.25, 0.3) is 0 Å². The number of nitrogens with zero attached hydrogens (tertiary/aromatic N) is 1. The van der Waals surface area contributed by atoms with E-state index in [4.69, 9.17) is 0 Å². The van der Waals surface area contributed by atoms with Crippen molar-refractivity contribution in [1.29, 1.82) is 0 Å². The lowest BCUT2D eigenvalue weighted by Gasteiger charge is -2.37. The minimum absolute atomic E-state index is 0.271. The lowest BCUT2D eigenvalue weighted by atomic mass is 9.84. The van der Waals surface area contributed by atoms with Gasteiger partial charge in [0.05, 0.1) is 5.41 Å². The van der Waals surface area contributed by atoms with Crippen molar-refractivity contribution < 1.29 is 9.90 Å². The van der Waals surface area contributed by atoms with Crippen molar-refractivity contribution in [2.45, 2.75) is 58.0 Å². The molecule has 1 aliphatic carbocycles. The van der Waals surface area contributed by atoms with E-state index in [9.17, 15) is 9.90 Å². The number of likely N-dealkylation sites (tertiary alicyclic amines) is 1. The molecule has 2 fully saturated rings. The average Bonchev–Trinajstić information content (AvgIpc) is 2.72. The molecule has 1 saturated carbocycles. The number of aliphatic carboxylic acids is 1. The summed E-state index contributed by atoms with van der Waals surface area (Å²) in [6.07, 6.45) is 5.43. The molecule has 2 aliphatic rings. The lowest BCUT2D eigenvalue weighted by molar-refractivity contribution is -0.151. The number of rotatable bonds is 2. The fourth-order valence-electron chi connectivity index (χ4n) is 3.35. The van der Waals surface area contributed by atoms with Crippen LogP contribution in [0.1, 0.15) is 46.0 Å². The fraction of sp³-hybridized carbons (Fsp3) is 0.917. The molecule has 0 bridgehead atoms. The molecule has 2 rings (SSSR count). The Kier molecular flexibility index (Phi) is 2.75. The van der Waals surface area contributed by atoms with Crippen LogP contribution < -0.4 is 0 Å². The molecule has 1 N–H and O–H groups in total. The molecule has 0 radical (unpaired) electrons. The molecule has 3 atom stereocenters. The molecule has 3 unspecified atom stereocenters. The third kappa shape index (κ3) is 1.67. The molecule has 1 heterocycles. The summed E-state index contributed by atoms with van der Waals surface area (Å²) in [6.45, 7) is 5.25. The highest BCUT2D eigenvalue weighted by molar-refractivity contribution is 5.75. The van der Waals surface area contributed by atoms with Crippen molar-refractivity contribution in [2.75, 3.05) is 6.54 Å². The van der Waals surface area contributed by atoms with Gasteiger partial charge in [0.1, 0.15) is 0 Å². The Morgan fingerprint density at radius 3 is 2.67 bits per heavy atom. The molecular formula is C12H21NO2. The van der Waals surface area contributed by atoms with E-state index >= 15 is 0 Å². The molecule has 1 saturated heterocycles. The zero-order chi connectivity index (χ0) is 11.1. The van der Waals surface area contributed by atoms with Gasteiger partial charge in [0.15, 0.2) is 0 Å². The molecule has 1 aliphatic heterocycles. The fourth-order valence-corrected chi connectivity index (χ4v) is 3.35. The lowest BCUT2D eigenvalue weighted by Crippen LogP contribution is -2.48. The van der Waals surface area contributed by atoms with Gasteiger partial charge in [-0.1, -0.05) is 6.42 Å². The summed E-state index contributed by atoms with van der Waals surface area (Å²) in [7, 11) is 0. The maximum atomic E-state index is 11.4. The first-order valence-corrected chi connectivity index (χ1v) is 6.05. The van der Waals surface area contributed by atoms with E-state index in [0.29, 0.717) is 6.04 Å². The smallest absolute Gasteiger partial charge is 0.310 e. The largest absolute Gasteiger partial charge is 0.481 e. The first-order valence-electron chi connectivity index (χ1n) is 6.05. The third-order valence-corrected chi connectivity index (χ3v) is 4.40. The summed E-state index contributed by atoms with van der Waals surface area (Å²) in [5.41, 5.74) is -0.501. The molecular weight excluding hydrogens is 190 g/mol. The van der Waals surface area contributed by atoms with Crippen molar-refractivity contribution in [3.05, 3.63) is 0 Å². The van der Waals surface area contributed by atoms with E-state index in [1.165, 1.54) is 12.8 Å². The van der Waals surface area contributed by atoms with E-state index in [1.807, 2.05) is 6.92 Å². The molecule has 0 aromatic rings. The van der Waals surface area contributed by atoms with E-state index in [-0.39, 0.29) is 6.04 Å². The minimum Gasteiger partial charge on any atom is -0.481 e. The average molecular weight is 211 g/mol. The SMILES string of the molecule is CC1CCCN1C1CCCC1(C)C(=O)O. The summed E-state index contributed by atoms with van der Waals surface area (Å²) < 4.78 is 0. The second-order valence-corrected chi connectivity index (χ2v) is 5.36. The van der Waals surface area contributed by atoms with Crippen LogP contribution in [0, 0.1) is 5.41 Å². The quantitative estimate of drug-likeness (QED) is 0.760. The first kappa shape index (κ1) is 10.9. The van der Waals surface area contributed by atoms with Gasteiger partial charge < -0.3 is 5.11 Å². The summed E-state index contributed by atoms with van der Waals surface area (Å²) in [4.78, 5) is 13.8. The van der Waals surface area contributed by atoms with Gasteiger partial charge in [-0.15, -0.1) is 0 Å². The van der Waals surface area contributed by atoms with Crippen LogP contribution in [0.4, 0.5) is 0 Å². The van der Waals surface area contributed by atoms with Gasteiger partial charge in [-0.2, -0.15) is 0 Å². The van der Waals surface area contributed by atoms with Gasteiger partial charge >= 0.3 is 5.97 Å². The maximum absolute atomic E-state index is 11.4. The number of carboxylic acid groups (broad SMARTS) is 1. The first-order chi connectivity index (χ1) is 7.05. The second-order valence-electron chi connectivity index (χ2n) is 5.36. The molecule has 15 heavy (non-hydrogen) atoms. The van der Waals surface area contributed by atoms with Crippen molar-refractivity contribution in [3.63, 3.8) is 0 Å². The highest BCUT2D eigenvalue weighted by Crippen LogP contribution is 2.43. The standard InChI is InChI=1S/C12H21NO2/c1-9-5-4-8-13(9)10-6-3-7-12(10,2)11(14)15/h9-10H,3-8H2,1-2H3,(H,14,15). The summed E-state index contributed by atoms with van der Waals surface area (Å²) in [5, 5.41) is 9.36. The Bertz CT molecular complexity index is 266. The number of hydrogen-bond acceptors (Lipinski definition) is 2. The Labute approximate surface area is 91.5 Å². The van der Waals surface area contributed by atoms with Crippen LogP contribution >= 0.6 is 0 Å². The van der Waals surface area contributed by atoms with Gasteiger partial charge in [0, 0.05) is 12.1 Å². The summed E-state index contributed by atoms with van der Waals surface area (Å²) in [5.74, 6) is -0.607. The zero-order valence-corrected chi connectivity index (χ0v) is 9.70. The number of carbonyl (C=O) groups is 1. The minimum atomic E-state index is -0.607. The Hall–Kier alpha value is -0.570. The van der Waals surface area contributed by atoms with Crippen LogP contribution in [-0.4, -0.2) is 34.6 Å². The maximum Gasteiger partial charge on any atom is 0.310 e. The normalized spacial score (nSPS) is 42.3. The van der Waals surface area contributed by atoms with Gasteiger partial charge in [-0.05, 0) is 46.1 Å². The molecule has 0 aromatic carbocycles. The Morgan fingerprint density at radius 1 is 1.40 bits per heavy atom. The molecule has 86 valence electrons. The monoisotopic (exact) mass is 211 g/mol. The zero-order valence-electron chi connectivity index (χ0n) is 9.70. The Morgan fingerprint density at radius 2 is 2.13 bits per heavy atom. The predicted octanol–water partition coefficient (Wildman–Crippen LogP) is 2.11. The van der Waals surface area contributed by atoms with Crippen molar-refractivity contribution in [1.82, 2.24) is 4.90 Å². The second kappa shape index (κ2) is 3.78. The van der Waals surface area contributed by atoms with Gasteiger partial charge in [-0.25, -0.2) is 0 Å². The summed E-state index contributed by atoms with van der Waals surface area (Å²) >= 11 is 0. The van der Waals surface area contributed by atoms with E-state index in [2.05, 4.69) is 11.8 Å². The van der Waals surface area contributed by atoms with Gasteiger partial charge in [0.2, 0.25) is 0 Å². The third-order valence-electron chi connectivity index (χ3n) is 4.40. The van der Waals surface area contributed by atoms with E-state index in [0.717, 1.165) is 25.8 Å². The van der Waals surface area contributed by atoms with Crippen LogP contribution in [-0.2, 0) is 4.79 Å². The predicted molar refractivity (Wildman–Crippen MR) is 58.8 cm³/mol. The number of carboxylic acids is 1. The molecule has 3 nitrogen and oxygen atoms in total. The molecule has 3 heteroatoms. The van der Waals surface area contributed by atoms with Crippen molar-refractivity contribution in [2.24, 2.45) is 5.41 Å². The Balaban J connectivity index is 2.17. The molecule has 0 amide bonds. The van der Waals surface area contributed by atoms with Crippen LogP contribution in [0.3, 0.4) is 0 Å². The van der Waals surface area contributed by atoms with Crippen LogP contribution in [0.5, 0.6) is 0 Å². The molecule has 0 spiro atoms. The highest BCUT2D eigenvalue weighted by Gasteiger charge is 2.49. The van der Waals surface area contributed by atoms with E-state index < -0.39 is 11.4 Å². The van der Waals surface area contributed by atoms with Crippen molar-refractivity contribution >= 4 is 5.97 Å². The van der Waals surface area contributed by atoms with Gasteiger partial charge in [-0.3, -0.25) is 9.69 Å². The number of hydrogen-bond donors (Lipinski definition) is 1. The van der Waals surface area contributed by atoms with Crippen LogP contribution in [0.15, 0.2) is 0 Å². The van der Waals surface area contributed by atoms with Crippen molar-refractivity contribution in [3.8, 4) is 0 Å². The van der Waals surface area contributed by atoms with E-state index in [1.54, 1.807) is 0 Å². The van der Waals surface area contributed by atoms with Gasteiger partial charge in [0.25, 0.3) is 0 Å².